The standard InChI is InChI=1S/C12H26N2O/c1-5-6-12(4,9-13)14-7-10(2)15-11(3)8-14/h10-11H,5-9,13H2,1-4H3/t10-,11+,12?. The second kappa shape index (κ2) is 5.28. The Labute approximate surface area is 94.0 Å². The third kappa shape index (κ3) is 3.16. The highest BCUT2D eigenvalue weighted by Gasteiger charge is 2.34. The SMILES string of the molecule is CCCC(C)(CN)N1C[C@@H](C)O[C@@H](C)C1. The summed E-state index contributed by atoms with van der Waals surface area (Å²) in [4.78, 5) is 2.51. The van der Waals surface area contributed by atoms with Gasteiger partial charge in [0.05, 0.1) is 12.2 Å². The molecule has 1 rings (SSSR count). The summed E-state index contributed by atoms with van der Waals surface area (Å²) in [6.45, 7) is 11.6. The van der Waals surface area contributed by atoms with E-state index in [0.29, 0.717) is 12.2 Å². The maximum Gasteiger partial charge on any atom is 0.0678 e. The van der Waals surface area contributed by atoms with E-state index in [9.17, 15) is 0 Å². The average Bonchev–Trinajstić information content (AvgIpc) is 2.16. The predicted molar refractivity (Wildman–Crippen MR) is 63.9 cm³/mol. The third-order valence-electron chi connectivity index (χ3n) is 3.41. The maximum absolute atomic E-state index is 5.93. The van der Waals surface area contributed by atoms with Crippen LogP contribution >= 0.6 is 0 Å². The van der Waals surface area contributed by atoms with Gasteiger partial charge in [0, 0.05) is 25.2 Å². The molecule has 90 valence electrons. The fourth-order valence-electron chi connectivity index (χ4n) is 2.55. The van der Waals surface area contributed by atoms with Gasteiger partial charge >= 0.3 is 0 Å². The van der Waals surface area contributed by atoms with E-state index in [2.05, 4.69) is 32.6 Å². The molecule has 1 fully saturated rings. The maximum atomic E-state index is 5.93. The molecule has 0 aliphatic carbocycles. The molecule has 0 amide bonds. The zero-order valence-electron chi connectivity index (χ0n) is 10.6. The molecule has 1 aliphatic rings. The number of nitrogens with zero attached hydrogens (tertiary/aromatic N) is 1. The van der Waals surface area contributed by atoms with Crippen LogP contribution in [-0.2, 0) is 4.74 Å². The quantitative estimate of drug-likeness (QED) is 0.773. The van der Waals surface area contributed by atoms with Crippen LogP contribution < -0.4 is 5.73 Å². The average molecular weight is 214 g/mol. The molecule has 3 heteroatoms. The fourth-order valence-corrected chi connectivity index (χ4v) is 2.55. The number of ether oxygens (including phenoxy) is 1. The topological polar surface area (TPSA) is 38.5 Å². The van der Waals surface area contributed by atoms with Crippen molar-refractivity contribution in [2.45, 2.75) is 58.3 Å². The number of nitrogens with two attached hydrogens (primary N) is 1. The van der Waals surface area contributed by atoms with Gasteiger partial charge in [-0.05, 0) is 27.2 Å². The summed E-state index contributed by atoms with van der Waals surface area (Å²) in [6, 6.07) is 0. The Bertz CT molecular complexity index is 188. The van der Waals surface area contributed by atoms with Crippen LogP contribution in [0.1, 0.15) is 40.5 Å². The summed E-state index contributed by atoms with van der Waals surface area (Å²) in [5.41, 5.74) is 6.09. The van der Waals surface area contributed by atoms with Gasteiger partial charge in [0.25, 0.3) is 0 Å². The van der Waals surface area contributed by atoms with E-state index in [1.165, 1.54) is 12.8 Å². The Kier molecular flexibility index (Phi) is 4.56. The minimum absolute atomic E-state index is 0.154. The van der Waals surface area contributed by atoms with Crippen molar-refractivity contribution in [2.24, 2.45) is 5.73 Å². The number of hydrogen-bond acceptors (Lipinski definition) is 3. The van der Waals surface area contributed by atoms with Crippen LogP contribution in [-0.4, -0.2) is 42.3 Å². The van der Waals surface area contributed by atoms with Crippen molar-refractivity contribution in [1.82, 2.24) is 4.90 Å². The van der Waals surface area contributed by atoms with Crippen LogP contribution in [0.5, 0.6) is 0 Å². The smallest absolute Gasteiger partial charge is 0.0678 e. The van der Waals surface area contributed by atoms with Crippen LogP contribution in [0.4, 0.5) is 0 Å². The molecule has 3 atom stereocenters. The molecule has 1 heterocycles. The van der Waals surface area contributed by atoms with Gasteiger partial charge in [0.15, 0.2) is 0 Å². The predicted octanol–water partition coefficient (Wildman–Crippen LogP) is 1.61. The molecule has 0 spiro atoms. The molecular weight excluding hydrogens is 188 g/mol. The second-order valence-electron chi connectivity index (χ2n) is 5.11. The lowest BCUT2D eigenvalue weighted by molar-refractivity contribution is -0.0988. The first kappa shape index (κ1) is 12.9. The van der Waals surface area contributed by atoms with Crippen molar-refractivity contribution in [1.29, 1.82) is 0 Å². The van der Waals surface area contributed by atoms with Gasteiger partial charge in [-0.3, -0.25) is 4.90 Å². The largest absolute Gasteiger partial charge is 0.373 e. The molecule has 2 N–H and O–H groups in total. The fraction of sp³-hybridized carbons (Fsp3) is 1.00. The van der Waals surface area contributed by atoms with Crippen LogP contribution in [0.25, 0.3) is 0 Å². The van der Waals surface area contributed by atoms with Crippen molar-refractivity contribution in [3.05, 3.63) is 0 Å². The molecular formula is C12H26N2O. The van der Waals surface area contributed by atoms with Gasteiger partial charge in [-0.2, -0.15) is 0 Å². The Morgan fingerprint density at radius 2 is 1.87 bits per heavy atom. The van der Waals surface area contributed by atoms with E-state index in [1.807, 2.05) is 0 Å². The normalized spacial score (nSPS) is 32.6. The molecule has 1 saturated heterocycles. The van der Waals surface area contributed by atoms with Gasteiger partial charge in [-0.25, -0.2) is 0 Å². The highest BCUT2D eigenvalue weighted by molar-refractivity contribution is 4.90. The van der Waals surface area contributed by atoms with Gasteiger partial charge in [0.1, 0.15) is 0 Å². The number of morpholine rings is 1. The Balaban J connectivity index is 2.66. The van der Waals surface area contributed by atoms with Gasteiger partial charge < -0.3 is 10.5 Å². The van der Waals surface area contributed by atoms with Crippen molar-refractivity contribution < 1.29 is 4.74 Å². The highest BCUT2D eigenvalue weighted by atomic mass is 16.5. The molecule has 0 aromatic heterocycles. The van der Waals surface area contributed by atoms with Crippen LogP contribution in [0.3, 0.4) is 0 Å². The molecule has 0 aromatic carbocycles. The second-order valence-corrected chi connectivity index (χ2v) is 5.11. The summed E-state index contributed by atoms with van der Waals surface area (Å²) in [5.74, 6) is 0. The minimum atomic E-state index is 0.154. The highest BCUT2D eigenvalue weighted by Crippen LogP contribution is 2.24. The van der Waals surface area contributed by atoms with Gasteiger partial charge in [0.2, 0.25) is 0 Å². The monoisotopic (exact) mass is 214 g/mol. The first-order chi connectivity index (χ1) is 7.01. The van der Waals surface area contributed by atoms with E-state index in [4.69, 9.17) is 10.5 Å². The first-order valence-corrected chi connectivity index (χ1v) is 6.12. The Morgan fingerprint density at radius 3 is 2.27 bits per heavy atom. The summed E-state index contributed by atoms with van der Waals surface area (Å²) < 4.78 is 5.75. The molecule has 0 bridgehead atoms. The lowest BCUT2D eigenvalue weighted by atomic mass is 9.92. The molecule has 1 aliphatic heterocycles. The molecule has 3 nitrogen and oxygen atoms in total. The lowest BCUT2D eigenvalue weighted by Crippen LogP contribution is -2.59. The number of rotatable bonds is 4. The molecule has 0 radical (unpaired) electrons. The van der Waals surface area contributed by atoms with Gasteiger partial charge in [-0.15, -0.1) is 0 Å². The van der Waals surface area contributed by atoms with Crippen molar-refractivity contribution in [3.8, 4) is 0 Å². The summed E-state index contributed by atoms with van der Waals surface area (Å²) in [7, 11) is 0. The Hall–Kier alpha value is -0.120. The van der Waals surface area contributed by atoms with Crippen LogP contribution in [0.2, 0.25) is 0 Å². The zero-order chi connectivity index (χ0) is 11.5. The van der Waals surface area contributed by atoms with E-state index in [-0.39, 0.29) is 5.54 Å². The van der Waals surface area contributed by atoms with E-state index in [1.54, 1.807) is 0 Å². The van der Waals surface area contributed by atoms with E-state index in [0.717, 1.165) is 19.6 Å². The lowest BCUT2D eigenvalue weighted by Gasteiger charge is -2.46. The molecule has 0 aromatic rings. The Morgan fingerprint density at radius 1 is 1.33 bits per heavy atom. The van der Waals surface area contributed by atoms with Crippen molar-refractivity contribution >= 4 is 0 Å². The van der Waals surface area contributed by atoms with E-state index >= 15 is 0 Å². The van der Waals surface area contributed by atoms with Crippen LogP contribution in [0.15, 0.2) is 0 Å². The van der Waals surface area contributed by atoms with Crippen LogP contribution in [0, 0.1) is 0 Å². The zero-order valence-corrected chi connectivity index (χ0v) is 10.6. The molecule has 15 heavy (non-hydrogen) atoms. The molecule has 0 saturated carbocycles. The van der Waals surface area contributed by atoms with Gasteiger partial charge in [-0.1, -0.05) is 13.3 Å². The van der Waals surface area contributed by atoms with Crippen molar-refractivity contribution in [2.75, 3.05) is 19.6 Å². The summed E-state index contributed by atoms with van der Waals surface area (Å²) in [5, 5.41) is 0. The summed E-state index contributed by atoms with van der Waals surface area (Å²) >= 11 is 0. The summed E-state index contributed by atoms with van der Waals surface area (Å²) in [6.07, 6.45) is 3.02. The van der Waals surface area contributed by atoms with Crippen molar-refractivity contribution in [3.63, 3.8) is 0 Å². The minimum Gasteiger partial charge on any atom is -0.373 e. The number of hydrogen-bond donors (Lipinski definition) is 1. The first-order valence-electron chi connectivity index (χ1n) is 6.12. The van der Waals surface area contributed by atoms with E-state index < -0.39 is 0 Å². The third-order valence-corrected chi connectivity index (χ3v) is 3.41. The molecule has 1 unspecified atom stereocenters.